The van der Waals surface area contributed by atoms with E-state index < -0.39 is 0 Å². The van der Waals surface area contributed by atoms with E-state index >= 15 is 0 Å². The van der Waals surface area contributed by atoms with E-state index in [9.17, 15) is 0 Å². The number of benzene rings is 3. The molecule has 0 radical (unpaired) electrons. The summed E-state index contributed by atoms with van der Waals surface area (Å²) < 4.78 is 10.5. The van der Waals surface area contributed by atoms with Gasteiger partial charge in [-0.15, -0.1) is 0 Å². The smallest absolute Gasteiger partial charge is 0.146 e. The molecule has 24 heavy (non-hydrogen) atoms. The van der Waals surface area contributed by atoms with E-state index in [1.54, 1.807) is 0 Å². The van der Waals surface area contributed by atoms with Crippen LogP contribution in [0.4, 0.5) is 0 Å². The van der Waals surface area contributed by atoms with Crippen LogP contribution in [-0.4, -0.2) is 20.0 Å². The van der Waals surface area contributed by atoms with Gasteiger partial charge >= 0.3 is 0 Å². The average Bonchev–Trinajstić information content (AvgIpc) is 3.22. The van der Waals surface area contributed by atoms with Gasteiger partial charge in [0.25, 0.3) is 0 Å². The van der Waals surface area contributed by atoms with E-state index in [1.165, 1.54) is 22.3 Å². The maximum atomic E-state index is 4.72. The van der Waals surface area contributed by atoms with E-state index in [0.717, 1.165) is 17.7 Å². The van der Waals surface area contributed by atoms with Crippen LogP contribution >= 0.6 is 15.9 Å². The van der Waals surface area contributed by atoms with Crippen molar-refractivity contribution in [1.82, 2.24) is 0 Å². The topological polar surface area (TPSA) is 18.5 Å². The lowest BCUT2D eigenvalue weighted by molar-refractivity contribution is 0.0692. The molecule has 1 aliphatic heterocycles. The van der Waals surface area contributed by atoms with E-state index in [2.05, 4.69) is 88.7 Å². The van der Waals surface area contributed by atoms with Crippen molar-refractivity contribution in [2.75, 3.05) is 20.0 Å². The summed E-state index contributed by atoms with van der Waals surface area (Å²) in [6.45, 7) is 2.06. The predicted molar refractivity (Wildman–Crippen MR) is 102 cm³/mol. The summed E-state index contributed by atoms with van der Waals surface area (Å²) in [6, 6.07) is 27.4. The summed E-state index contributed by atoms with van der Waals surface area (Å²) in [6.07, 6.45) is 0. The lowest BCUT2D eigenvalue weighted by atomic mass is 9.95. The van der Waals surface area contributed by atoms with Crippen molar-refractivity contribution in [3.8, 4) is 22.3 Å². The molecule has 1 fully saturated rings. The fraction of sp³-hybridized carbons (Fsp3) is 0.143. The highest BCUT2D eigenvalue weighted by molar-refractivity contribution is 9.10. The van der Waals surface area contributed by atoms with E-state index in [4.69, 9.17) is 9.47 Å². The molecular weight excluding hydrogens is 364 g/mol. The van der Waals surface area contributed by atoms with Crippen molar-refractivity contribution in [3.63, 3.8) is 0 Å². The van der Waals surface area contributed by atoms with Crippen molar-refractivity contribution < 1.29 is 9.47 Å². The largest absolute Gasteiger partial charge is 0.353 e. The Kier molecular flexibility index (Phi) is 6.19. The molecular formula is C21H19BrO2. The molecule has 2 nitrogen and oxygen atoms in total. The fourth-order valence-electron chi connectivity index (χ4n) is 2.55. The van der Waals surface area contributed by atoms with Crippen LogP contribution in [0.3, 0.4) is 0 Å². The highest BCUT2D eigenvalue weighted by Gasteiger charge is 2.06. The van der Waals surface area contributed by atoms with Gasteiger partial charge in [0.1, 0.15) is 6.79 Å². The molecule has 0 spiro atoms. The Morgan fingerprint density at radius 3 is 1.79 bits per heavy atom. The number of halogens is 1. The Balaban J connectivity index is 0.000000290. The maximum absolute atomic E-state index is 4.72. The van der Waals surface area contributed by atoms with Crippen molar-refractivity contribution >= 4 is 15.9 Å². The molecule has 1 saturated heterocycles. The molecule has 0 saturated carbocycles. The molecule has 3 aromatic rings. The SMILES string of the molecule is Brc1cccc(-c2ccccc2-c2ccccc2)c1.C1COCO1. The minimum atomic E-state index is 0.500. The van der Waals surface area contributed by atoms with Crippen LogP contribution in [0.25, 0.3) is 22.3 Å². The zero-order valence-corrected chi connectivity index (χ0v) is 14.9. The maximum Gasteiger partial charge on any atom is 0.146 e. The molecule has 0 aromatic heterocycles. The molecule has 3 heteroatoms. The Hall–Kier alpha value is -1.94. The molecule has 122 valence electrons. The second-order valence-electron chi connectivity index (χ2n) is 5.36. The van der Waals surface area contributed by atoms with Crippen LogP contribution < -0.4 is 0 Å². The summed E-state index contributed by atoms with van der Waals surface area (Å²) in [5, 5.41) is 0. The second kappa shape index (κ2) is 8.78. The van der Waals surface area contributed by atoms with Crippen molar-refractivity contribution in [1.29, 1.82) is 0 Å². The molecule has 1 aliphatic rings. The van der Waals surface area contributed by atoms with Crippen LogP contribution in [0.5, 0.6) is 0 Å². The van der Waals surface area contributed by atoms with Crippen molar-refractivity contribution in [3.05, 3.63) is 83.3 Å². The second-order valence-corrected chi connectivity index (χ2v) is 6.27. The van der Waals surface area contributed by atoms with Crippen molar-refractivity contribution in [2.45, 2.75) is 0 Å². The van der Waals surface area contributed by atoms with E-state index in [1.807, 2.05) is 6.07 Å². The Labute approximate surface area is 151 Å². The molecule has 3 aromatic carbocycles. The Bertz CT molecular complexity index is 760. The van der Waals surface area contributed by atoms with Gasteiger partial charge in [-0.25, -0.2) is 0 Å². The zero-order valence-electron chi connectivity index (χ0n) is 13.3. The highest BCUT2D eigenvalue weighted by Crippen LogP contribution is 2.32. The van der Waals surface area contributed by atoms with Gasteiger partial charge in [-0.1, -0.05) is 82.7 Å². The summed E-state index contributed by atoms with van der Waals surface area (Å²) in [4.78, 5) is 0. The van der Waals surface area contributed by atoms with Crippen LogP contribution in [0, 0.1) is 0 Å². The highest BCUT2D eigenvalue weighted by atomic mass is 79.9. The standard InChI is InChI=1S/C18H13Br.C3H6O2/c19-16-10-6-9-15(13-16)18-12-5-4-11-17(18)14-7-2-1-3-8-14;1-2-5-3-4-1/h1-13H;1-3H2. The normalized spacial score (nSPS) is 13.2. The third-order valence-corrected chi connectivity index (χ3v) is 4.18. The number of hydrogen-bond acceptors (Lipinski definition) is 2. The third-order valence-electron chi connectivity index (χ3n) is 3.69. The minimum Gasteiger partial charge on any atom is -0.353 e. The van der Waals surface area contributed by atoms with Gasteiger partial charge in [0.15, 0.2) is 0 Å². The first-order chi connectivity index (χ1) is 11.8. The molecule has 4 rings (SSSR count). The molecule has 0 N–H and O–H groups in total. The van der Waals surface area contributed by atoms with Gasteiger partial charge in [-0.3, -0.25) is 0 Å². The number of rotatable bonds is 2. The average molecular weight is 383 g/mol. The van der Waals surface area contributed by atoms with Gasteiger partial charge < -0.3 is 9.47 Å². The summed E-state index contributed by atoms with van der Waals surface area (Å²) in [5.74, 6) is 0. The minimum absolute atomic E-state index is 0.500. The van der Waals surface area contributed by atoms with Gasteiger partial charge in [0, 0.05) is 4.47 Å². The first-order valence-electron chi connectivity index (χ1n) is 7.90. The first-order valence-corrected chi connectivity index (χ1v) is 8.70. The molecule has 1 heterocycles. The van der Waals surface area contributed by atoms with Crippen LogP contribution in [0.2, 0.25) is 0 Å². The van der Waals surface area contributed by atoms with Crippen LogP contribution in [0.1, 0.15) is 0 Å². The van der Waals surface area contributed by atoms with Crippen molar-refractivity contribution in [2.24, 2.45) is 0 Å². The summed E-state index contributed by atoms with van der Waals surface area (Å²) in [7, 11) is 0. The van der Waals surface area contributed by atoms with E-state index in [-0.39, 0.29) is 0 Å². The Morgan fingerprint density at radius 2 is 1.21 bits per heavy atom. The van der Waals surface area contributed by atoms with Crippen LogP contribution in [-0.2, 0) is 9.47 Å². The molecule has 0 bridgehead atoms. The molecule has 0 amide bonds. The van der Waals surface area contributed by atoms with Crippen LogP contribution in [0.15, 0.2) is 83.3 Å². The lowest BCUT2D eigenvalue weighted by Crippen LogP contribution is -1.84. The van der Waals surface area contributed by atoms with E-state index in [0.29, 0.717) is 6.79 Å². The summed E-state index contributed by atoms with van der Waals surface area (Å²) >= 11 is 3.54. The molecule has 0 unspecified atom stereocenters. The quantitative estimate of drug-likeness (QED) is 0.559. The monoisotopic (exact) mass is 382 g/mol. The molecule has 0 aliphatic carbocycles. The molecule has 0 atom stereocenters. The van der Waals surface area contributed by atoms with Gasteiger partial charge in [-0.2, -0.15) is 0 Å². The third kappa shape index (κ3) is 4.54. The fourth-order valence-corrected chi connectivity index (χ4v) is 2.95. The number of hydrogen-bond donors (Lipinski definition) is 0. The van der Waals surface area contributed by atoms with Gasteiger partial charge in [0.2, 0.25) is 0 Å². The van der Waals surface area contributed by atoms with Gasteiger partial charge in [-0.05, 0) is 34.4 Å². The first kappa shape index (κ1) is 16.9. The van der Waals surface area contributed by atoms with Gasteiger partial charge in [0.05, 0.1) is 13.2 Å². The zero-order chi connectivity index (χ0) is 16.6. The number of ether oxygens (including phenoxy) is 2. The summed E-state index contributed by atoms with van der Waals surface area (Å²) in [5.41, 5.74) is 5.00. The predicted octanol–water partition coefficient (Wildman–Crippen LogP) is 5.77. The Morgan fingerprint density at radius 1 is 0.625 bits per heavy atom. The lowest BCUT2D eigenvalue weighted by Gasteiger charge is -2.10.